The Morgan fingerprint density at radius 2 is 2.11 bits per heavy atom. The van der Waals surface area contributed by atoms with Crippen molar-refractivity contribution in [1.82, 2.24) is 0 Å². The van der Waals surface area contributed by atoms with E-state index in [1.165, 1.54) is 13.2 Å². The summed E-state index contributed by atoms with van der Waals surface area (Å²) >= 11 is 0. The molecule has 1 aromatic rings. The van der Waals surface area contributed by atoms with Crippen LogP contribution in [0.3, 0.4) is 0 Å². The summed E-state index contributed by atoms with van der Waals surface area (Å²) in [5.74, 6) is -0.186. The molecule has 1 heterocycles. The molecule has 1 atom stereocenters. The van der Waals surface area contributed by atoms with Crippen molar-refractivity contribution in [2.24, 2.45) is 0 Å². The number of hydrogen-bond donors (Lipinski definition) is 2. The van der Waals surface area contributed by atoms with Crippen LogP contribution >= 0.6 is 0 Å². The van der Waals surface area contributed by atoms with E-state index in [0.717, 1.165) is 0 Å². The second-order valence-electron chi connectivity index (χ2n) is 4.87. The van der Waals surface area contributed by atoms with Crippen LogP contribution in [-0.2, 0) is 11.2 Å². The van der Waals surface area contributed by atoms with E-state index in [0.29, 0.717) is 18.3 Å². The number of methoxy groups -OCH3 is 1. The molecule has 0 amide bonds. The first kappa shape index (κ1) is 12.7. The number of rotatable bonds is 4. The molecule has 1 aromatic carbocycles. The summed E-state index contributed by atoms with van der Waals surface area (Å²) in [4.78, 5) is 10.9. The van der Waals surface area contributed by atoms with Gasteiger partial charge in [0.25, 0.3) is 0 Å². The molecule has 2 N–H and O–H groups in total. The number of phenolic OH excluding ortho intramolecular Hbond substituents is 2. The fourth-order valence-corrected chi connectivity index (χ4v) is 1.98. The minimum absolute atomic E-state index is 0.0451. The minimum atomic E-state index is -0.250. The zero-order valence-electron chi connectivity index (χ0n) is 10.6. The molecule has 1 unspecified atom stereocenters. The van der Waals surface area contributed by atoms with Crippen molar-refractivity contribution < 1.29 is 24.5 Å². The summed E-state index contributed by atoms with van der Waals surface area (Å²) in [6.45, 7) is 3.85. The number of hydrogen-bond acceptors (Lipinski definition) is 5. The summed E-state index contributed by atoms with van der Waals surface area (Å²) in [6.07, 6.45) is 0.799. The number of phenols is 2. The second kappa shape index (κ2) is 4.17. The van der Waals surface area contributed by atoms with Crippen LogP contribution in [0.5, 0.6) is 17.2 Å². The van der Waals surface area contributed by atoms with Crippen molar-refractivity contribution in [3.05, 3.63) is 17.2 Å². The minimum Gasteiger partial charge on any atom is -0.507 e. The molecule has 1 fully saturated rings. The van der Waals surface area contributed by atoms with Crippen LogP contribution in [0.25, 0.3) is 0 Å². The van der Waals surface area contributed by atoms with Crippen LogP contribution in [0.4, 0.5) is 0 Å². The van der Waals surface area contributed by atoms with Gasteiger partial charge in [-0.25, -0.2) is 0 Å². The van der Waals surface area contributed by atoms with Crippen molar-refractivity contribution >= 4 is 6.29 Å². The molecule has 1 aliphatic heterocycles. The molecule has 0 spiro atoms. The Morgan fingerprint density at radius 1 is 1.50 bits per heavy atom. The zero-order valence-corrected chi connectivity index (χ0v) is 10.6. The van der Waals surface area contributed by atoms with Gasteiger partial charge in [-0.2, -0.15) is 0 Å². The van der Waals surface area contributed by atoms with E-state index in [9.17, 15) is 15.0 Å². The summed E-state index contributed by atoms with van der Waals surface area (Å²) in [5, 5.41) is 19.9. The monoisotopic (exact) mass is 252 g/mol. The maximum atomic E-state index is 10.9. The van der Waals surface area contributed by atoms with Gasteiger partial charge >= 0.3 is 0 Å². The highest BCUT2D eigenvalue weighted by atomic mass is 16.6. The summed E-state index contributed by atoms with van der Waals surface area (Å²) in [5.41, 5.74) is 0.109. The van der Waals surface area contributed by atoms with Crippen LogP contribution in [0.2, 0.25) is 0 Å². The van der Waals surface area contributed by atoms with Crippen LogP contribution in [0.15, 0.2) is 6.07 Å². The average molecular weight is 252 g/mol. The highest BCUT2D eigenvalue weighted by molar-refractivity contribution is 5.85. The predicted molar refractivity (Wildman–Crippen MR) is 64.4 cm³/mol. The van der Waals surface area contributed by atoms with Gasteiger partial charge in [0.1, 0.15) is 17.2 Å². The lowest BCUT2D eigenvalue weighted by atomic mass is 9.98. The number of epoxide rings is 1. The smallest absolute Gasteiger partial charge is 0.157 e. The lowest BCUT2D eigenvalue weighted by Crippen LogP contribution is -2.07. The lowest BCUT2D eigenvalue weighted by Gasteiger charge is -2.12. The molecule has 2 rings (SSSR count). The number of carbonyl (C=O) groups excluding carboxylic acids is 1. The van der Waals surface area contributed by atoms with E-state index in [-0.39, 0.29) is 34.5 Å². The van der Waals surface area contributed by atoms with E-state index in [4.69, 9.17) is 9.47 Å². The van der Waals surface area contributed by atoms with Crippen LogP contribution in [0.1, 0.15) is 29.8 Å². The van der Waals surface area contributed by atoms with Crippen molar-refractivity contribution in [1.29, 1.82) is 0 Å². The van der Waals surface area contributed by atoms with Gasteiger partial charge < -0.3 is 19.7 Å². The van der Waals surface area contributed by atoms with Gasteiger partial charge in [0, 0.05) is 18.1 Å². The molecule has 5 nitrogen and oxygen atoms in total. The summed E-state index contributed by atoms with van der Waals surface area (Å²) < 4.78 is 10.3. The number of benzene rings is 1. The maximum absolute atomic E-state index is 10.9. The van der Waals surface area contributed by atoms with E-state index in [2.05, 4.69) is 0 Å². The highest BCUT2D eigenvalue weighted by Crippen LogP contribution is 2.43. The van der Waals surface area contributed by atoms with Crippen molar-refractivity contribution in [2.75, 3.05) is 7.11 Å². The van der Waals surface area contributed by atoms with Crippen LogP contribution in [0, 0.1) is 0 Å². The largest absolute Gasteiger partial charge is 0.507 e. The van der Waals surface area contributed by atoms with E-state index in [1.807, 2.05) is 13.8 Å². The van der Waals surface area contributed by atoms with Gasteiger partial charge in [0.2, 0.25) is 0 Å². The molecule has 0 radical (unpaired) electrons. The van der Waals surface area contributed by atoms with Gasteiger partial charge in [-0.05, 0) is 13.8 Å². The average Bonchev–Trinajstić information content (AvgIpc) is 2.91. The third-order valence-electron chi connectivity index (χ3n) is 3.27. The molecule has 18 heavy (non-hydrogen) atoms. The Hall–Kier alpha value is -1.75. The fourth-order valence-electron chi connectivity index (χ4n) is 1.98. The second-order valence-corrected chi connectivity index (χ2v) is 4.87. The number of aldehydes is 1. The predicted octanol–water partition coefficient (Wildman–Crippen LogP) is 1.64. The Kier molecular flexibility index (Phi) is 2.94. The van der Waals surface area contributed by atoms with E-state index >= 15 is 0 Å². The first-order valence-corrected chi connectivity index (χ1v) is 5.65. The molecule has 0 bridgehead atoms. The molecule has 98 valence electrons. The van der Waals surface area contributed by atoms with Gasteiger partial charge in [-0.15, -0.1) is 0 Å². The molecule has 1 aliphatic rings. The number of ether oxygens (including phenoxy) is 2. The molecule has 0 aliphatic carbocycles. The molecule has 1 saturated heterocycles. The highest BCUT2D eigenvalue weighted by Gasteiger charge is 2.48. The zero-order chi connectivity index (χ0) is 13.5. The van der Waals surface area contributed by atoms with Gasteiger partial charge in [0.05, 0.1) is 24.4 Å². The van der Waals surface area contributed by atoms with E-state index in [1.54, 1.807) is 0 Å². The fraction of sp³-hybridized carbons (Fsp3) is 0.462. The van der Waals surface area contributed by atoms with Gasteiger partial charge in [-0.3, -0.25) is 4.79 Å². The quantitative estimate of drug-likeness (QED) is 0.629. The Labute approximate surface area is 105 Å². The Balaban J connectivity index is 2.38. The third-order valence-corrected chi connectivity index (χ3v) is 3.27. The van der Waals surface area contributed by atoms with Crippen molar-refractivity contribution in [3.8, 4) is 17.2 Å². The molecular weight excluding hydrogens is 236 g/mol. The first-order valence-electron chi connectivity index (χ1n) is 5.65. The van der Waals surface area contributed by atoms with Crippen LogP contribution in [-0.4, -0.2) is 35.3 Å². The first-order chi connectivity index (χ1) is 8.40. The molecular formula is C13H16O5. The van der Waals surface area contributed by atoms with Crippen molar-refractivity contribution in [2.45, 2.75) is 32.0 Å². The van der Waals surface area contributed by atoms with Crippen molar-refractivity contribution in [3.63, 3.8) is 0 Å². The van der Waals surface area contributed by atoms with E-state index < -0.39 is 0 Å². The standard InChI is InChI=1S/C13H16O5/c1-13(2)11(18-13)4-7-9(15)5-10(17-3)8(6-14)12(7)16/h5-6,11,15-16H,4H2,1-3H3. The molecule has 5 heteroatoms. The normalized spacial score (nSPS) is 20.5. The summed E-state index contributed by atoms with van der Waals surface area (Å²) in [7, 11) is 1.37. The molecule has 0 aromatic heterocycles. The number of aromatic hydroxyl groups is 2. The van der Waals surface area contributed by atoms with Gasteiger partial charge in [-0.1, -0.05) is 0 Å². The third kappa shape index (κ3) is 2.01. The number of carbonyl (C=O) groups is 1. The Bertz CT molecular complexity index is 493. The van der Waals surface area contributed by atoms with Gasteiger partial charge in [0.15, 0.2) is 6.29 Å². The molecule has 0 saturated carbocycles. The Morgan fingerprint density at radius 3 is 2.56 bits per heavy atom. The topological polar surface area (TPSA) is 79.3 Å². The maximum Gasteiger partial charge on any atom is 0.157 e. The lowest BCUT2D eigenvalue weighted by molar-refractivity contribution is 0.111. The summed E-state index contributed by atoms with van der Waals surface area (Å²) in [6, 6.07) is 1.33. The van der Waals surface area contributed by atoms with Crippen LogP contribution < -0.4 is 4.74 Å². The SMILES string of the molecule is COc1cc(O)c(CC2OC2(C)C)c(O)c1C=O.